The predicted molar refractivity (Wildman–Crippen MR) is 98.4 cm³/mol. The Morgan fingerprint density at radius 1 is 1.42 bits per heavy atom. The van der Waals surface area contributed by atoms with E-state index in [4.69, 9.17) is 9.26 Å². The Balaban J connectivity index is 1.59. The first-order valence-corrected chi connectivity index (χ1v) is 8.96. The molecule has 6 heteroatoms. The van der Waals surface area contributed by atoms with Gasteiger partial charge in [-0.05, 0) is 56.9 Å². The second-order valence-electron chi connectivity index (χ2n) is 6.92. The van der Waals surface area contributed by atoms with Gasteiger partial charge in [-0.2, -0.15) is 0 Å². The van der Waals surface area contributed by atoms with Gasteiger partial charge in [0.05, 0.1) is 25.3 Å². The van der Waals surface area contributed by atoms with Gasteiger partial charge in [0.2, 0.25) is 5.91 Å². The van der Waals surface area contributed by atoms with Gasteiger partial charge >= 0.3 is 0 Å². The molecule has 3 aromatic rings. The lowest BCUT2D eigenvalue weighted by Gasteiger charge is -2.24. The maximum Gasteiger partial charge on any atom is 0.225 e. The molecule has 0 saturated carbocycles. The fourth-order valence-corrected chi connectivity index (χ4v) is 3.87. The number of benzene rings is 1. The highest BCUT2D eigenvalue weighted by atomic mass is 16.5. The van der Waals surface area contributed by atoms with Gasteiger partial charge in [-0.15, -0.1) is 0 Å². The molecule has 1 aromatic carbocycles. The van der Waals surface area contributed by atoms with Gasteiger partial charge in [0.15, 0.2) is 0 Å². The van der Waals surface area contributed by atoms with Crippen LogP contribution in [0.25, 0.3) is 10.9 Å². The number of H-pyrrole nitrogens is 1. The van der Waals surface area contributed by atoms with Crippen molar-refractivity contribution in [3.63, 3.8) is 0 Å². The maximum atomic E-state index is 12.6. The van der Waals surface area contributed by atoms with Crippen LogP contribution in [-0.2, 0) is 17.6 Å². The number of ether oxygens (including phenoxy) is 1. The summed E-state index contributed by atoms with van der Waals surface area (Å²) in [6, 6.07) is 6.06. The lowest BCUT2D eigenvalue weighted by Crippen LogP contribution is -2.32. The monoisotopic (exact) mass is 353 g/mol. The van der Waals surface area contributed by atoms with Crippen molar-refractivity contribution in [3.8, 4) is 5.75 Å². The molecule has 2 N–H and O–H groups in total. The smallest absolute Gasteiger partial charge is 0.225 e. The van der Waals surface area contributed by atoms with Crippen LogP contribution in [0.15, 0.2) is 22.7 Å². The van der Waals surface area contributed by atoms with E-state index in [-0.39, 0.29) is 11.9 Å². The number of hydrogen-bond acceptors (Lipinski definition) is 4. The molecule has 0 unspecified atom stereocenters. The normalized spacial score (nSPS) is 16.5. The zero-order chi connectivity index (χ0) is 18.3. The van der Waals surface area contributed by atoms with Crippen LogP contribution in [0.4, 0.5) is 0 Å². The highest BCUT2D eigenvalue weighted by molar-refractivity contribution is 5.87. The first kappa shape index (κ1) is 16.7. The minimum atomic E-state index is -0.00603. The summed E-state index contributed by atoms with van der Waals surface area (Å²) in [4.78, 5) is 16.1. The number of nitrogens with zero attached hydrogens (tertiary/aromatic N) is 1. The SMILES string of the molecule is COc1ccc2[nH]c3c(c2c1)CCC[C@@H]3NC(=O)Cc1c(C)noc1C. The Kier molecular flexibility index (Phi) is 4.18. The molecule has 0 radical (unpaired) electrons. The van der Waals surface area contributed by atoms with Crippen LogP contribution < -0.4 is 10.1 Å². The molecule has 26 heavy (non-hydrogen) atoms. The van der Waals surface area contributed by atoms with E-state index in [9.17, 15) is 4.79 Å². The van der Waals surface area contributed by atoms with Gasteiger partial charge in [0, 0.05) is 22.2 Å². The largest absolute Gasteiger partial charge is 0.497 e. The van der Waals surface area contributed by atoms with Crippen LogP contribution in [0, 0.1) is 13.8 Å². The zero-order valence-electron chi connectivity index (χ0n) is 15.3. The molecule has 0 bridgehead atoms. The van der Waals surface area contributed by atoms with Gasteiger partial charge in [-0.3, -0.25) is 4.79 Å². The molecule has 0 aliphatic heterocycles. The van der Waals surface area contributed by atoms with E-state index in [0.29, 0.717) is 12.2 Å². The lowest BCUT2D eigenvalue weighted by molar-refractivity contribution is -0.121. The summed E-state index contributed by atoms with van der Waals surface area (Å²) in [5.41, 5.74) is 5.14. The Hall–Kier alpha value is -2.76. The van der Waals surface area contributed by atoms with Crippen molar-refractivity contribution in [2.45, 2.75) is 45.6 Å². The number of carbonyl (C=O) groups is 1. The number of carbonyl (C=O) groups excluding carboxylic acids is 1. The Bertz CT molecular complexity index is 951. The minimum absolute atomic E-state index is 0.00474. The third-order valence-corrected chi connectivity index (χ3v) is 5.27. The van der Waals surface area contributed by atoms with Gasteiger partial charge in [-0.1, -0.05) is 5.16 Å². The standard InChI is InChI=1S/C20H23N3O3/c1-11-15(12(2)26-23-11)10-19(24)21-18-6-4-5-14-16-9-13(25-3)7-8-17(16)22-20(14)18/h7-9,18,22H,4-6,10H2,1-3H3,(H,21,24)/t18-/m0/s1. The van der Waals surface area contributed by atoms with Crippen molar-refractivity contribution in [2.24, 2.45) is 0 Å². The summed E-state index contributed by atoms with van der Waals surface area (Å²) in [7, 11) is 1.68. The number of amides is 1. The number of aromatic nitrogens is 2. The van der Waals surface area contributed by atoms with E-state index < -0.39 is 0 Å². The fourth-order valence-electron chi connectivity index (χ4n) is 3.87. The van der Waals surface area contributed by atoms with E-state index in [1.807, 2.05) is 26.0 Å². The average Bonchev–Trinajstić information content (AvgIpc) is 3.16. The molecule has 4 rings (SSSR count). The summed E-state index contributed by atoms with van der Waals surface area (Å²) in [5.74, 6) is 1.55. The number of fused-ring (bicyclic) bond motifs is 3. The Labute approximate surface area is 151 Å². The molecule has 2 aromatic heterocycles. The number of nitrogens with one attached hydrogen (secondary N) is 2. The highest BCUT2D eigenvalue weighted by Gasteiger charge is 2.26. The molecule has 1 aliphatic carbocycles. The van der Waals surface area contributed by atoms with Crippen LogP contribution in [0.3, 0.4) is 0 Å². The molecular weight excluding hydrogens is 330 g/mol. The fraction of sp³-hybridized carbons (Fsp3) is 0.400. The number of rotatable bonds is 4. The van der Waals surface area contributed by atoms with Crippen LogP contribution in [0.1, 0.15) is 47.2 Å². The van der Waals surface area contributed by atoms with Gasteiger partial charge in [0.1, 0.15) is 11.5 Å². The zero-order valence-corrected chi connectivity index (χ0v) is 15.3. The van der Waals surface area contributed by atoms with Crippen molar-refractivity contribution >= 4 is 16.8 Å². The predicted octanol–water partition coefficient (Wildman–Crippen LogP) is 3.52. The first-order valence-electron chi connectivity index (χ1n) is 8.96. The molecule has 136 valence electrons. The topological polar surface area (TPSA) is 80.1 Å². The first-order chi connectivity index (χ1) is 12.6. The third-order valence-electron chi connectivity index (χ3n) is 5.27. The Morgan fingerprint density at radius 3 is 3.00 bits per heavy atom. The quantitative estimate of drug-likeness (QED) is 0.752. The summed E-state index contributed by atoms with van der Waals surface area (Å²) in [6.07, 6.45) is 3.29. The molecule has 0 saturated heterocycles. The van der Waals surface area contributed by atoms with Crippen molar-refractivity contribution in [2.75, 3.05) is 7.11 Å². The van der Waals surface area contributed by atoms with E-state index in [2.05, 4.69) is 21.5 Å². The maximum absolute atomic E-state index is 12.6. The second kappa shape index (κ2) is 6.52. The van der Waals surface area contributed by atoms with Crippen LogP contribution in [-0.4, -0.2) is 23.2 Å². The summed E-state index contributed by atoms with van der Waals surface area (Å²) >= 11 is 0. The molecule has 1 aliphatic rings. The van der Waals surface area contributed by atoms with E-state index >= 15 is 0 Å². The number of aryl methyl sites for hydroxylation is 3. The average molecular weight is 353 g/mol. The van der Waals surface area contributed by atoms with Crippen molar-refractivity contribution in [1.29, 1.82) is 0 Å². The molecular formula is C20H23N3O3. The number of hydrogen-bond donors (Lipinski definition) is 2. The molecule has 0 fully saturated rings. The summed E-state index contributed by atoms with van der Waals surface area (Å²) < 4.78 is 10.5. The van der Waals surface area contributed by atoms with Gasteiger partial charge in [0.25, 0.3) is 0 Å². The van der Waals surface area contributed by atoms with Crippen LogP contribution in [0.5, 0.6) is 5.75 Å². The highest BCUT2D eigenvalue weighted by Crippen LogP contribution is 2.36. The van der Waals surface area contributed by atoms with Crippen molar-refractivity contribution in [1.82, 2.24) is 15.5 Å². The number of methoxy groups -OCH3 is 1. The van der Waals surface area contributed by atoms with E-state index in [0.717, 1.165) is 47.5 Å². The third kappa shape index (κ3) is 2.85. The van der Waals surface area contributed by atoms with E-state index in [1.165, 1.54) is 10.9 Å². The molecule has 1 atom stereocenters. The molecule has 0 spiro atoms. The van der Waals surface area contributed by atoms with E-state index in [1.54, 1.807) is 7.11 Å². The van der Waals surface area contributed by atoms with Gasteiger partial charge < -0.3 is 19.6 Å². The lowest BCUT2D eigenvalue weighted by atomic mass is 9.91. The summed E-state index contributed by atoms with van der Waals surface area (Å²) in [6.45, 7) is 3.70. The Morgan fingerprint density at radius 2 is 2.27 bits per heavy atom. The van der Waals surface area contributed by atoms with Crippen LogP contribution in [0.2, 0.25) is 0 Å². The summed E-state index contributed by atoms with van der Waals surface area (Å²) in [5, 5.41) is 8.29. The molecule has 1 amide bonds. The van der Waals surface area contributed by atoms with Crippen molar-refractivity contribution < 1.29 is 14.1 Å². The molecule has 2 heterocycles. The van der Waals surface area contributed by atoms with Crippen LogP contribution >= 0.6 is 0 Å². The number of aromatic amines is 1. The van der Waals surface area contributed by atoms with Gasteiger partial charge in [-0.25, -0.2) is 0 Å². The van der Waals surface area contributed by atoms with Crippen molar-refractivity contribution in [3.05, 3.63) is 46.5 Å². The minimum Gasteiger partial charge on any atom is -0.497 e. The second-order valence-corrected chi connectivity index (χ2v) is 6.92. The molecule has 6 nitrogen and oxygen atoms in total.